The van der Waals surface area contributed by atoms with Crippen molar-refractivity contribution in [1.82, 2.24) is 10.2 Å². The van der Waals surface area contributed by atoms with E-state index in [2.05, 4.69) is 37.9 Å². The topological polar surface area (TPSA) is 43.0 Å². The van der Waals surface area contributed by atoms with Crippen LogP contribution in [0.2, 0.25) is 0 Å². The third-order valence-electron chi connectivity index (χ3n) is 5.23. The van der Waals surface area contributed by atoms with Crippen molar-refractivity contribution in [2.45, 2.75) is 57.1 Å². The molecule has 2 heterocycles. The van der Waals surface area contributed by atoms with Crippen molar-refractivity contribution in [2.24, 2.45) is 5.92 Å². The van der Waals surface area contributed by atoms with Crippen molar-refractivity contribution in [2.75, 3.05) is 40.9 Å². The molecule has 2 aliphatic rings. The molecule has 124 valence electrons. The van der Waals surface area contributed by atoms with Crippen molar-refractivity contribution >= 4 is 0 Å². The molecule has 21 heavy (non-hydrogen) atoms. The lowest BCUT2D eigenvalue weighted by Gasteiger charge is -2.32. The van der Waals surface area contributed by atoms with Crippen LogP contribution in [0.25, 0.3) is 0 Å². The molecule has 5 nitrogen and oxygen atoms in total. The highest BCUT2D eigenvalue weighted by Gasteiger charge is 2.54. The first-order chi connectivity index (χ1) is 9.75. The fourth-order valence-corrected chi connectivity index (χ4v) is 4.28. The number of hydrogen-bond donors (Lipinski definition) is 1. The molecule has 0 bridgehead atoms. The van der Waals surface area contributed by atoms with Crippen LogP contribution in [0.5, 0.6) is 0 Å². The molecular weight excluding hydrogens is 268 g/mol. The fraction of sp³-hybridized carbons (Fsp3) is 1.00. The Morgan fingerprint density at radius 3 is 2.00 bits per heavy atom. The summed E-state index contributed by atoms with van der Waals surface area (Å²) in [7, 11) is 5.56. The summed E-state index contributed by atoms with van der Waals surface area (Å²) in [6.07, 6.45) is 0.336. The van der Waals surface area contributed by atoms with Gasteiger partial charge in [0.1, 0.15) is 0 Å². The van der Waals surface area contributed by atoms with Gasteiger partial charge < -0.3 is 19.5 Å². The number of ether oxygens (including phenoxy) is 3. The monoisotopic (exact) mass is 300 g/mol. The largest absolute Gasteiger partial charge is 0.377 e. The maximum absolute atomic E-state index is 6.32. The van der Waals surface area contributed by atoms with Gasteiger partial charge in [-0.3, -0.25) is 4.90 Å². The Kier molecular flexibility index (Phi) is 5.01. The zero-order valence-corrected chi connectivity index (χ0v) is 14.6. The van der Waals surface area contributed by atoms with Gasteiger partial charge in [0.05, 0.1) is 23.4 Å². The van der Waals surface area contributed by atoms with Crippen LogP contribution in [-0.2, 0) is 14.2 Å². The highest BCUT2D eigenvalue weighted by molar-refractivity contribution is 5.06. The molecule has 2 rings (SSSR count). The van der Waals surface area contributed by atoms with Gasteiger partial charge in [0.15, 0.2) is 0 Å². The van der Waals surface area contributed by atoms with E-state index in [1.165, 1.54) is 0 Å². The Bertz CT molecular complexity index is 347. The number of nitrogens with one attached hydrogen (secondary N) is 1. The maximum Gasteiger partial charge on any atom is 0.0971 e. The van der Waals surface area contributed by atoms with Crippen LogP contribution in [0.15, 0.2) is 0 Å². The SMILES string of the molecule is CNC1C(CN2CC(OC)C(OC)C2)C(C)(C)OC1(C)C. The van der Waals surface area contributed by atoms with Gasteiger partial charge in [-0.15, -0.1) is 0 Å². The minimum Gasteiger partial charge on any atom is -0.377 e. The number of methoxy groups -OCH3 is 2. The maximum atomic E-state index is 6.32. The molecule has 0 spiro atoms. The molecule has 0 amide bonds. The number of likely N-dealkylation sites (N-methyl/N-ethyl adjacent to an activating group) is 1. The van der Waals surface area contributed by atoms with Crippen LogP contribution in [0.4, 0.5) is 0 Å². The van der Waals surface area contributed by atoms with Crippen LogP contribution in [0.1, 0.15) is 27.7 Å². The van der Waals surface area contributed by atoms with Gasteiger partial charge in [-0.05, 0) is 34.7 Å². The Labute approximate surface area is 129 Å². The van der Waals surface area contributed by atoms with E-state index >= 15 is 0 Å². The van der Waals surface area contributed by atoms with Crippen molar-refractivity contribution in [1.29, 1.82) is 0 Å². The van der Waals surface area contributed by atoms with E-state index in [0.29, 0.717) is 12.0 Å². The second-order valence-corrected chi connectivity index (χ2v) is 7.45. The van der Waals surface area contributed by atoms with E-state index in [-0.39, 0.29) is 23.4 Å². The van der Waals surface area contributed by atoms with Crippen molar-refractivity contribution in [3.63, 3.8) is 0 Å². The molecule has 1 N–H and O–H groups in total. The molecule has 0 saturated carbocycles. The van der Waals surface area contributed by atoms with E-state index in [4.69, 9.17) is 14.2 Å². The highest BCUT2D eigenvalue weighted by Crippen LogP contribution is 2.42. The van der Waals surface area contributed by atoms with E-state index in [1.807, 2.05) is 7.05 Å². The Hall–Kier alpha value is -0.200. The van der Waals surface area contributed by atoms with E-state index < -0.39 is 0 Å². The van der Waals surface area contributed by atoms with Gasteiger partial charge in [-0.25, -0.2) is 0 Å². The Morgan fingerprint density at radius 1 is 1.05 bits per heavy atom. The Balaban J connectivity index is 2.08. The summed E-state index contributed by atoms with van der Waals surface area (Å²) in [5, 5.41) is 3.47. The van der Waals surface area contributed by atoms with Gasteiger partial charge in [-0.1, -0.05) is 0 Å². The molecule has 4 unspecified atom stereocenters. The quantitative estimate of drug-likeness (QED) is 0.824. The number of nitrogens with zero attached hydrogens (tertiary/aromatic N) is 1. The fourth-order valence-electron chi connectivity index (χ4n) is 4.28. The van der Waals surface area contributed by atoms with Crippen LogP contribution in [0.3, 0.4) is 0 Å². The van der Waals surface area contributed by atoms with E-state index in [9.17, 15) is 0 Å². The van der Waals surface area contributed by atoms with Crippen LogP contribution >= 0.6 is 0 Å². The molecule has 0 radical (unpaired) electrons. The molecule has 2 aliphatic heterocycles. The summed E-state index contributed by atoms with van der Waals surface area (Å²) in [4.78, 5) is 2.45. The van der Waals surface area contributed by atoms with Gasteiger partial charge >= 0.3 is 0 Å². The summed E-state index contributed by atoms with van der Waals surface area (Å²) >= 11 is 0. The molecule has 0 aromatic rings. The van der Waals surface area contributed by atoms with E-state index in [0.717, 1.165) is 19.6 Å². The van der Waals surface area contributed by atoms with Crippen molar-refractivity contribution < 1.29 is 14.2 Å². The predicted octanol–water partition coefficient (Wildman–Crippen LogP) is 1.12. The number of hydrogen-bond acceptors (Lipinski definition) is 5. The molecule has 4 atom stereocenters. The summed E-state index contributed by atoms with van der Waals surface area (Å²) in [6, 6.07) is 0.343. The first-order valence-corrected chi connectivity index (χ1v) is 7.90. The minimum atomic E-state index is -0.149. The standard InChI is InChI=1S/C16H32N2O3/c1-15(2)11(14(17-5)16(3,4)21-15)8-18-9-12(19-6)13(10-18)20-7/h11-14,17H,8-10H2,1-7H3. The van der Waals surface area contributed by atoms with Crippen LogP contribution < -0.4 is 5.32 Å². The van der Waals surface area contributed by atoms with Gasteiger partial charge in [0.25, 0.3) is 0 Å². The minimum absolute atomic E-state index is 0.134. The highest BCUT2D eigenvalue weighted by atomic mass is 16.5. The Morgan fingerprint density at radius 2 is 1.57 bits per heavy atom. The summed E-state index contributed by atoms with van der Waals surface area (Å²) in [6.45, 7) is 11.6. The normalized spacial score (nSPS) is 39.0. The molecule has 0 aliphatic carbocycles. The number of likely N-dealkylation sites (tertiary alicyclic amines) is 1. The molecule has 0 aromatic heterocycles. The van der Waals surface area contributed by atoms with Gasteiger partial charge in [0.2, 0.25) is 0 Å². The van der Waals surface area contributed by atoms with Gasteiger partial charge in [-0.2, -0.15) is 0 Å². The average Bonchev–Trinajstić information content (AvgIpc) is 2.85. The zero-order chi connectivity index (χ0) is 15.8. The predicted molar refractivity (Wildman–Crippen MR) is 83.6 cm³/mol. The van der Waals surface area contributed by atoms with Crippen LogP contribution in [0, 0.1) is 5.92 Å². The molecule has 0 aromatic carbocycles. The molecule has 2 fully saturated rings. The third kappa shape index (κ3) is 3.27. The average molecular weight is 300 g/mol. The second-order valence-electron chi connectivity index (χ2n) is 7.45. The molecule has 5 heteroatoms. The van der Waals surface area contributed by atoms with E-state index in [1.54, 1.807) is 14.2 Å². The molecule has 2 saturated heterocycles. The second kappa shape index (κ2) is 6.13. The van der Waals surface area contributed by atoms with Crippen LogP contribution in [-0.4, -0.2) is 75.3 Å². The summed E-state index contributed by atoms with van der Waals surface area (Å²) in [5.74, 6) is 0.436. The summed E-state index contributed by atoms with van der Waals surface area (Å²) in [5.41, 5.74) is -0.283. The first-order valence-electron chi connectivity index (χ1n) is 7.90. The number of rotatable bonds is 5. The molecular formula is C16H32N2O3. The zero-order valence-electron chi connectivity index (χ0n) is 14.6. The lowest BCUT2D eigenvalue weighted by molar-refractivity contribution is -0.0792. The van der Waals surface area contributed by atoms with Crippen molar-refractivity contribution in [3.8, 4) is 0 Å². The third-order valence-corrected chi connectivity index (χ3v) is 5.23. The smallest absolute Gasteiger partial charge is 0.0971 e. The lowest BCUT2D eigenvalue weighted by atomic mass is 9.82. The lowest BCUT2D eigenvalue weighted by Crippen LogP contribution is -2.49. The summed E-state index contributed by atoms with van der Waals surface area (Å²) < 4.78 is 17.4. The van der Waals surface area contributed by atoms with Gasteiger partial charge in [0, 0.05) is 45.8 Å². The van der Waals surface area contributed by atoms with Crippen molar-refractivity contribution in [3.05, 3.63) is 0 Å². The first kappa shape index (κ1) is 17.2.